The molecule has 2 rings (SSSR count). The third-order valence-corrected chi connectivity index (χ3v) is 3.79. The van der Waals surface area contributed by atoms with E-state index >= 15 is 0 Å². The highest BCUT2D eigenvalue weighted by molar-refractivity contribution is 6.44. The van der Waals surface area contributed by atoms with Crippen LogP contribution in [0.4, 0.5) is 0 Å². The summed E-state index contributed by atoms with van der Waals surface area (Å²) in [6, 6.07) is 14.8. The first-order valence-electron chi connectivity index (χ1n) is 7.67. The second-order valence-corrected chi connectivity index (χ2v) is 5.31. The Morgan fingerprint density at radius 2 is 1.68 bits per heavy atom. The molecule has 0 heterocycles. The van der Waals surface area contributed by atoms with Gasteiger partial charge in [-0.1, -0.05) is 58.8 Å². The van der Waals surface area contributed by atoms with Crippen molar-refractivity contribution in [2.24, 2.45) is 10.3 Å². The Morgan fingerprint density at radius 1 is 1.04 bits per heavy atom. The topological polar surface area (TPSA) is 80.5 Å². The van der Waals surface area contributed by atoms with Crippen molar-refractivity contribution in [2.45, 2.75) is 13.3 Å². The Kier molecular flexibility index (Phi) is 6.28. The minimum absolute atomic E-state index is 0.00605. The van der Waals surface area contributed by atoms with Gasteiger partial charge in [-0.05, 0) is 18.1 Å². The van der Waals surface area contributed by atoms with Crippen molar-refractivity contribution in [3.05, 3.63) is 70.8 Å². The molecule has 2 aromatic carbocycles. The highest BCUT2D eigenvalue weighted by Gasteiger charge is 2.22. The minimum Gasteiger partial charge on any atom is -0.464 e. The van der Waals surface area contributed by atoms with Crippen LogP contribution in [0, 0.1) is 6.92 Å². The van der Waals surface area contributed by atoms with Gasteiger partial charge in [0.2, 0.25) is 0 Å². The molecule has 130 valence electrons. The van der Waals surface area contributed by atoms with Crippen molar-refractivity contribution in [1.82, 2.24) is 0 Å². The predicted octanol–water partition coefficient (Wildman–Crippen LogP) is 2.94. The molecule has 0 aliphatic carbocycles. The van der Waals surface area contributed by atoms with Crippen LogP contribution in [0.3, 0.4) is 0 Å². The maximum atomic E-state index is 12.0. The fraction of sp³-hybridized carbons (Fsp3) is 0.211. The summed E-state index contributed by atoms with van der Waals surface area (Å²) in [6.07, 6.45) is 0.404. The number of methoxy groups -OCH3 is 1. The van der Waals surface area contributed by atoms with Gasteiger partial charge in [0.15, 0.2) is 5.71 Å². The number of esters is 1. The summed E-state index contributed by atoms with van der Waals surface area (Å²) in [5.74, 6) is -0.637. The molecule has 0 atom stereocenters. The zero-order chi connectivity index (χ0) is 18.2. The fourth-order valence-corrected chi connectivity index (χ4v) is 2.50. The molecule has 0 aromatic heterocycles. The third kappa shape index (κ3) is 4.23. The average molecular weight is 340 g/mol. The van der Waals surface area contributed by atoms with E-state index in [-0.39, 0.29) is 5.71 Å². The van der Waals surface area contributed by atoms with E-state index in [1.165, 1.54) is 14.2 Å². The van der Waals surface area contributed by atoms with E-state index in [2.05, 4.69) is 10.3 Å². The monoisotopic (exact) mass is 340 g/mol. The number of aryl methyl sites for hydroxylation is 1. The number of carbonyl (C=O) groups excluding carboxylic acids is 1. The number of rotatable bonds is 6. The van der Waals surface area contributed by atoms with Gasteiger partial charge in [-0.2, -0.15) is 0 Å². The van der Waals surface area contributed by atoms with E-state index in [0.717, 1.165) is 11.1 Å². The second-order valence-electron chi connectivity index (χ2n) is 5.31. The van der Waals surface area contributed by atoms with Crippen LogP contribution in [-0.2, 0) is 20.8 Å². The first-order chi connectivity index (χ1) is 12.1. The van der Waals surface area contributed by atoms with Crippen LogP contribution in [0.25, 0.3) is 0 Å². The van der Waals surface area contributed by atoms with E-state index in [4.69, 9.17) is 9.57 Å². The summed E-state index contributed by atoms with van der Waals surface area (Å²) in [5, 5.41) is 16.8. The van der Waals surface area contributed by atoms with Crippen molar-refractivity contribution >= 4 is 17.4 Å². The lowest BCUT2D eigenvalue weighted by Gasteiger charge is -2.12. The number of nitrogens with zero attached hydrogens (tertiary/aromatic N) is 2. The van der Waals surface area contributed by atoms with Gasteiger partial charge in [-0.25, -0.2) is 4.79 Å². The Morgan fingerprint density at radius 3 is 2.28 bits per heavy atom. The number of hydrogen-bond donors (Lipinski definition) is 1. The zero-order valence-electron chi connectivity index (χ0n) is 14.4. The van der Waals surface area contributed by atoms with Crippen LogP contribution in [-0.4, -0.2) is 36.8 Å². The van der Waals surface area contributed by atoms with Crippen LogP contribution in [0.1, 0.15) is 22.3 Å². The molecule has 0 aliphatic heterocycles. The van der Waals surface area contributed by atoms with Crippen molar-refractivity contribution in [3.8, 4) is 0 Å². The van der Waals surface area contributed by atoms with Gasteiger partial charge in [0.05, 0.1) is 12.8 Å². The van der Waals surface area contributed by atoms with E-state index in [1.54, 1.807) is 24.3 Å². The molecule has 0 unspecified atom stereocenters. The molecule has 0 saturated heterocycles. The lowest BCUT2D eigenvalue weighted by Crippen LogP contribution is -2.21. The summed E-state index contributed by atoms with van der Waals surface area (Å²) in [4.78, 5) is 16.8. The SMILES string of the molecule is CON=C(C(=O)OC)c1ccccc1C(Cc1ccccc1C)=NO. The predicted molar refractivity (Wildman–Crippen MR) is 95.2 cm³/mol. The first kappa shape index (κ1) is 18.2. The summed E-state index contributed by atoms with van der Waals surface area (Å²) in [5.41, 5.74) is 3.57. The Bertz CT molecular complexity index is 813. The Hall–Kier alpha value is -3.15. The van der Waals surface area contributed by atoms with E-state index < -0.39 is 5.97 Å². The Balaban J connectivity index is 2.49. The molecule has 0 radical (unpaired) electrons. The first-order valence-corrected chi connectivity index (χ1v) is 7.67. The normalized spacial score (nSPS) is 12.0. The molecule has 2 aromatic rings. The number of benzene rings is 2. The van der Waals surface area contributed by atoms with E-state index in [0.29, 0.717) is 23.3 Å². The largest absolute Gasteiger partial charge is 0.464 e. The van der Waals surface area contributed by atoms with Gasteiger partial charge in [0.25, 0.3) is 0 Å². The van der Waals surface area contributed by atoms with E-state index in [9.17, 15) is 10.0 Å². The summed E-state index contributed by atoms with van der Waals surface area (Å²) in [7, 11) is 2.62. The molecule has 25 heavy (non-hydrogen) atoms. The maximum absolute atomic E-state index is 12.0. The van der Waals surface area contributed by atoms with Gasteiger partial charge >= 0.3 is 5.97 Å². The summed E-state index contributed by atoms with van der Waals surface area (Å²) >= 11 is 0. The molecule has 0 bridgehead atoms. The van der Waals surface area contributed by atoms with E-state index in [1.807, 2.05) is 31.2 Å². The highest BCUT2D eigenvalue weighted by atomic mass is 16.6. The summed E-state index contributed by atoms with van der Waals surface area (Å²) in [6.45, 7) is 1.99. The van der Waals surface area contributed by atoms with Crippen molar-refractivity contribution in [2.75, 3.05) is 14.2 Å². The fourth-order valence-electron chi connectivity index (χ4n) is 2.50. The van der Waals surface area contributed by atoms with Crippen molar-refractivity contribution < 1.29 is 19.6 Å². The molecule has 0 amide bonds. The van der Waals surface area contributed by atoms with Crippen LogP contribution in [0.2, 0.25) is 0 Å². The lowest BCUT2D eigenvalue weighted by atomic mass is 9.94. The molecule has 6 heteroatoms. The minimum atomic E-state index is -0.637. The van der Waals surface area contributed by atoms with Crippen molar-refractivity contribution in [1.29, 1.82) is 0 Å². The van der Waals surface area contributed by atoms with Crippen LogP contribution < -0.4 is 0 Å². The molecule has 0 fully saturated rings. The van der Waals surface area contributed by atoms with Crippen molar-refractivity contribution in [3.63, 3.8) is 0 Å². The average Bonchev–Trinajstić information content (AvgIpc) is 2.65. The zero-order valence-corrected chi connectivity index (χ0v) is 14.4. The van der Waals surface area contributed by atoms with Gasteiger partial charge < -0.3 is 14.8 Å². The molecular formula is C19H20N2O4. The second kappa shape index (κ2) is 8.63. The molecule has 0 aliphatic rings. The molecular weight excluding hydrogens is 320 g/mol. The number of ether oxygens (including phenoxy) is 1. The molecule has 1 N–H and O–H groups in total. The van der Waals surface area contributed by atoms with Gasteiger partial charge in [0, 0.05) is 17.5 Å². The Labute approximate surface area is 146 Å². The highest BCUT2D eigenvalue weighted by Crippen LogP contribution is 2.17. The smallest absolute Gasteiger partial charge is 0.360 e. The number of hydrogen-bond acceptors (Lipinski definition) is 6. The number of carbonyl (C=O) groups is 1. The molecule has 6 nitrogen and oxygen atoms in total. The maximum Gasteiger partial charge on any atom is 0.360 e. The standard InChI is InChI=1S/C19H20N2O4/c1-13-8-4-5-9-14(13)12-17(20-23)15-10-6-7-11-16(15)18(21-25-3)19(22)24-2/h4-11,23H,12H2,1-3H3. The molecule has 0 saturated carbocycles. The van der Waals surface area contributed by atoms with Gasteiger partial charge in [0.1, 0.15) is 7.11 Å². The lowest BCUT2D eigenvalue weighted by molar-refractivity contribution is -0.132. The quantitative estimate of drug-likeness (QED) is 0.379. The van der Waals surface area contributed by atoms with Crippen LogP contribution >= 0.6 is 0 Å². The van der Waals surface area contributed by atoms with Gasteiger partial charge in [-0.3, -0.25) is 0 Å². The van der Waals surface area contributed by atoms with Crippen LogP contribution in [0.15, 0.2) is 58.8 Å². The molecule has 0 spiro atoms. The van der Waals surface area contributed by atoms with Gasteiger partial charge in [-0.15, -0.1) is 0 Å². The number of oxime groups is 2. The third-order valence-electron chi connectivity index (χ3n) is 3.79. The van der Waals surface area contributed by atoms with Crippen LogP contribution in [0.5, 0.6) is 0 Å². The summed E-state index contributed by atoms with van der Waals surface area (Å²) < 4.78 is 4.77.